The third kappa shape index (κ3) is 5.30. The molecule has 0 aliphatic carbocycles. The molecule has 9 heteroatoms. The van der Waals surface area contributed by atoms with Crippen LogP contribution in [-0.4, -0.2) is 23.7 Å². The number of nitrogens with one attached hydrogen (secondary N) is 1. The zero-order valence-electron chi connectivity index (χ0n) is 12.7. The third-order valence-corrected chi connectivity index (χ3v) is 3.24. The van der Waals surface area contributed by atoms with Crippen LogP contribution in [0.2, 0.25) is 5.02 Å². The predicted molar refractivity (Wildman–Crippen MR) is 90.5 cm³/mol. The maximum Gasteiger partial charge on any atom is 0.288 e. The first-order chi connectivity index (χ1) is 12.0. The van der Waals surface area contributed by atoms with Crippen LogP contribution in [0.4, 0.5) is 5.69 Å². The van der Waals surface area contributed by atoms with E-state index in [1.807, 2.05) is 6.07 Å². The number of carbonyl (C=O) groups is 1. The van der Waals surface area contributed by atoms with Crippen molar-refractivity contribution in [2.75, 3.05) is 6.61 Å². The molecule has 0 saturated carbocycles. The lowest BCUT2D eigenvalue weighted by atomic mass is 10.2. The van der Waals surface area contributed by atoms with Crippen LogP contribution in [0.1, 0.15) is 11.1 Å². The molecular formula is C16H11ClN4O4. The van der Waals surface area contributed by atoms with Gasteiger partial charge in [-0.15, -0.1) is 0 Å². The maximum absolute atomic E-state index is 11.6. The molecule has 8 nitrogen and oxygen atoms in total. The maximum atomic E-state index is 11.6. The van der Waals surface area contributed by atoms with E-state index < -0.39 is 10.8 Å². The minimum Gasteiger partial charge on any atom is -0.484 e. The first-order valence-electron chi connectivity index (χ1n) is 6.88. The van der Waals surface area contributed by atoms with Gasteiger partial charge in [0.2, 0.25) is 0 Å². The molecule has 0 saturated heterocycles. The van der Waals surface area contributed by atoms with Gasteiger partial charge in [0.25, 0.3) is 11.6 Å². The van der Waals surface area contributed by atoms with E-state index in [9.17, 15) is 14.9 Å². The topological polar surface area (TPSA) is 118 Å². The second kappa shape index (κ2) is 8.42. The summed E-state index contributed by atoms with van der Waals surface area (Å²) in [5.41, 5.74) is 2.88. The largest absolute Gasteiger partial charge is 0.484 e. The van der Waals surface area contributed by atoms with Gasteiger partial charge in [0, 0.05) is 11.6 Å². The minimum atomic E-state index is -0.607. The van der Waals surface area contributed by atoms with Crippen molar-refractivity contribution in [2.24, 2.45) is 5.10 Å². The van der Waals surface area contributed by atoms with Crippen LogP contribution in [-0.2, 0) is 4.79 Å². The Labute approximate surface area is 147 Å². The Bertz CT molecular complexity index is 859. The van der Waals surface area contributed by atoms with Crippen molar-refractivity contribution in [3.8, 4) is 11.8 Å². The smallest absolute Gasteiger partial charge is 0.288 e. The summed E-state index contributed by atoms with van der Waals surface area (Å²) < 4.78 is 5.23. The number of halogens is 1. The summed E-state index contributed by atoms with van der Waals surface area (Å²) in [6.45, 7) is -0.274. The zero-order valence-corrected chi connectivity index (χ0v) is 13.4. The van der Waals surface area contributed by atoms with Gasteiger partial charge in [-0.3, -0.25) is 14.9 Å². The first kappa shape index (κ1) is 17.9. The molecule has 0 unspecified atom stereocenters. The highest BCUT2D eigenvalue weighted by atomic mass is 35.5. The van der Waals surface area contributed by atoms with Crippen molar-refractivity contribution in [3.63, 3.8) is 0 Å². The van der Waals surface area contributed by atoms with Gasteiger partial charge in [0.1, 0.15) is 10.8 Å². The molecule has 126 valence electrons. The van der Waals surface area contributed by atoms with Crippen LogP contribution >= 0.6 is 11.6 Å². The number of nitriles is 1. The van der Waals surface area contributed by atoms with Crippen molar-refractivity contribution < 1.29 is 14.5 Å². The Kier molecular flexibility index (Phi) is 6.03. The van der Waals surface area contributed by atoms with Crippen LogP contribution < -0.4 is 10.2 Å². The standard InChI is InChI=1S/C16H11ClN4O4/c17-14-6-3-12(7-15(14)21(23)24)9-19-20-16(22)10-25-13-4-1-11(8-18)2-5-13/h1-7,9H,10H2,(H,20,22)/b19-9-. The fourth-order valence-corrected chi connectivity index (χ4v) is 1.92. The number of ether oxygens (including phenoxy) is 1. The molecule has 0 fully saturated rings. The number of hydrogen-bond donors (Lipinski definition) is 1. The molecule has 0 bridgehead atoms. The van der Waals surface area contributed by atoms with E-state index in [1.165, 1.54) is 24.4 Å². The molecule has 0 aromatic heterocycles. The molecule has 2 rings (SSSR count). The SMILES string of the molecule is N#Cc1ccc(OCC(=O)N/N=C\c2ccc(Cl)c([N+](=O)[O-])c2)cc1. The monoisotopic (exact) mass is 358 g/mol. The van der Waals surface area contributed by atoms with E-state index in [0.717, 1.165) is 0 Å². The number of amides is 1. The van der Waals surface area contributed by atoms with Gasteiger partial charge in [-0.05, 0) is 30.3 Å². The van der Waals surface area contributed by atoms with Crippen LogP contribution in [0, 0.1) is 21.4 Å². The van der Waals surface area contributed by atoms with Gasteiger partial charge in [-0.1, -0.05) is 17.7 Å². The molecule has 0 aliphatic rings. The number of benzene rings is 2. The fourth-order valence-electron chi connectivity index (χ4n) is 1.74. The van der Waals surface area contributed by atoms with Gasteiger partial charge in [-0.25, -0.2) is 5.43 Å². The highest BCUT2D eigenvalue weighted by molar-refractivity contribution is 6.32. The average Bonchev–Trinajstić information content (AvgIpc) is 2.61. The van der Waals surface area contributed by atoms with Crippen molar-refractivity contribution >= 4 is 29.4 Å². The normalized spacial score (nSPS) is 10.2. The van der Waals surface area contributed by atoms with Crippen molar-refractivity contribution in [1.29, 1.82) is 5.26 Å². The molecule has 0 radical (unpaired) electrons. The Balaban J connectivity index is 1.87. The van der Waals surface area contributed by atoms with E-state index in [4.69, 9.17) is 21.6 Å². The van der Waals surface area contributed by atoms with Gasteiger partial charge in [0.05, 0.1) is 22.8 Å². The van der Waals surface area contributed by atoms with Gasteiger partial charge in [0.15, 0.2) is 6.61 Å². The highest BCUT2D eigenvalue weighted by Gasteiger charge is 2.11. The van der Waals surface area contributed by atoms with Crippen LogP contribution in [0.25, 0.3) is 0 Å². The van der Waals surface area contributed by atoms with Crippen LogP contribution in [0.15, 0.2) is 47.6 Å². The number of nitrogens with zero attached hydrogens (tertiary/aromatic N) is 3. The van der Waals surface area contributed by atoms with Crippen molar-refractivity contribution in [3.05, 3.63) is 68.7 Å². The molecule has 2 aromatic rings. The molecule has 0 atom stereocenters. The van der Waals surface area contributed by atoms with Gasteiger partial charge < -0.3 is 4.74 Å². The zero-order chi connectivity index (χ0) is 18.2. The highest BCUT2D eigenvalue weighted by Crippen LogP contribution is 2.24. The molecule has 1 N–H and O–H groups in total. The number of hydrogen-bond acceptors (Lipinski definition) is 6. The summed E-state index contributed by atoms with van der Waals surface area (Å²) in [5.74, 6) is -0.0736. The lowest BCUT2D eigenvalue weighted by Crippen LogP contribution is -2.24. The summed E-state index contributed by atoms with van der Waals surface area (Å²) >= 11 is 5.70. The van der Waals surface area contributed by atoms with Crippen molar-refractivity contribution in [2.45, 2.75) is 0 Å². The summed E-state index contributed by atoms with van der Waals surface area (Å²) in [4.78, 5) is 21.8. The number of nitro benzene ring substituents is 1. The quantitative estimate of drug-likeness (QED) is 0.484. The van der Waals surface area contributed by atoms with E-state index in [-0.39, 0.29) is 17.3 Å². The number of rotatable bonds is 6. The van der Waals surface area contributed by atoms with E-state index in [1.54, 1.807) is 24.3 Å². The lowest BCUT2D eigenvalue weighted by Gasteiger charge is -2.04. The Morgan fingerprint density at radius 2 is 2.08 bits per heavy atom. The van der Waals surface area contributed by atoms with Gasteiger partial charge in [-0.2, -0.15) is 10.4 Å². The minimum absolute atomic E-state index is 0.0157. The van der Waals surface area contributed by atoms with Crippen LogP contribution in [0.3, 0.4) is 0 Å². The van der Waals surface area contributed by atoms with E-state index >= 15 is 0 Å². The molecule has 0 spiro atoms. The second-order valence-corrected chi connectivity index (χ2v) is 5.09. The summed E-state index contributed by atoms with van der Waals surface area (Å²) in [6, 6.07) is 12.4. The molecule has 2 aromatic carbocycles. The molecule has 1 amide bonds. The summed E-state index contributed by atoms with van der Waals surface area (Å²) in [6.07, 6.45) is 1.25. The van der Waals surface area contributed by atoms with E-state index in [0.29, 0.717) is 16.9 Å². The summed E-state index contributed by atoms with van der Waals surface area (Å²) in [7, 11) is 0. The third-order valence-electron chi connectivity index (χ3n) is 2.92. The predicted octanol–water partition coefficient (Wildman–Crippen LogP) is 2.65. The Morgan fingerprint density at radius 1 is 1.36 bits per heavy atom. The molecule has 0 heterocycles. The number of nitro groups is 1. The fraction of sp³-hybridized carbons (Fsp3) is 0.0625. The Morgan fingerprint density at radius 3 is 2.72 bits per heavy atom. The molecule has 0 aliphatic heterocycles. The lowest BCUT2D eigenvalue weighted by molar-refractivity contribution is -0.384. The summed E-state index contributed by atoms with van der Waals surface area (Å²) in [5, 5.41) is 23.2. The first-order valence-corrected chi connectivity index (χ1v) is 7.26. The molecular weight excluding hydrogens is 348 g/mol. The van der Waals surface area contributed by atoms with E-state index in [2.05, 4.69) is 10.5 Å². The Hall–Kier alpha value is -3.44. The average molecular weight is 359 g/mol. The molecule has 25 heavy (non-hydrogen) atoms. The van der Waals surface area contributed by atoms with Crippen LogP contribution in [0.5, 0.6) is 5.75 Å². The second-order valence-electron chi connectivity index (χ2n) is 4.69. The van der Waals surface area contributed by atoms with Crippen molar-refractivity contribution in [1.82, 2.24) is 5.43 Å². The number of hydrazone groups is 1. The van der Waals surface area contributed by atoms with Gasteiger partial charge >= 0.3 is 0 Å². The number of carbonyl (C=O) groups excluding carboxylic acids is 1.